The molecule has 0 aliphatic heterocycles. The van der Waals surface area contributed by atoms with E-state index in [2.05, 4.69) is 25.9 Å². The number of hydrogen-bond donors (Lipinski definition) is 1. The Morgan fingerprint density at radius 2 is 2.15 bits per heavy atom. The Balaban J connectivity index is 2.38. The highest BCUT2D eigenvalue weighted by Crippen LogP contribution is 2.31. The second-order valence-corrected chi connectivity index (χ2v) is 6.49. The standard InChI is InChI=1S/C14H13BrN2O2S/c1-8(2)13-16-7-11(12(17-13)14(18)19)20-10-5-3-4-9(15)6-10/h3-8H,1-2H3,(H,18,19). The van der Waals surface area contributed by atoms with Crippen LogP contribution in [0.2, 0.25) is 0 Å². The van der Waals surface area contributed by atoms with Crippen LogP contribution in [0.3, 0.4) is 0 Å². The van der Waals surface area contributed by atoms with Crippen molar-refractivity contribution < 1.29 is 9.90 Å². The van der Waals surface area contributed by atoms with Gasteiger partial charge in [0, 0.05) is 21.5 Å². The highest BCUT2D eigenvalue weighted by atomic mass is 79.9. The molecule has 1 N–H and O–H groups in total. The van der Waals surface area contributed by atoms with Crippen molar-refractivity contribution in [3.8, 4) is 0 Å². The fraction of sp³-hybridized carbons (Fsp3) is 0.214. The SMILES string of the molecule is CC(C)c1ncc(Sc2cccc(Br)c2)c(C(=O)O)n1. The van der Waals surface area contributed by atoms with Gasteiger partial charge in [-0.2, -0.15) is 0 Å². The van der Waals surface area contributed by atoms with Gasteiger partial charge in [-0.1, -0.05) is 47.6 Å². The van der Waals surface area contributed by atoms with Crippen LogP contribution in [-0.4, -0.2) is 21.0 Å². The second-order valence-electron chi connectivity index (χ2n) is 4.46. The molecule has 0 unspecified atom stereocenters. The first-order chi connectivity index (χ1) is 9.47. The largest absolute Gasteiger partial charge is 0.476 e. The molecule has 0 aliphatic rings. The maximum atomic E-state index is 11.3. The normalized spacial score (nSPS) is 10.8. The Labute approximate surface area is 129 Å². The van der Waals surface area contributed by atoms with Crippen LogP contribution in [-0.2, 0) is 0 Å². The number of carbonyl (C=O) groups is 1. The summed E-state index contributed by atoms with van der Waals surface area (Å²) < 4.78 is 0.944. The highest BCUT2D eigenvalue weighted by Gasteiger charge is 2.16. The predicted octanol–water partition coefficient (Wildman–Crippen LogP) is 4.21. The van der Waals surface area contributed by atoms with Gasteiger partial charge in [-0.15, -0.1) is 0 Å². The summed E-state index contributed by atoms with van der Waals surface area (Å²) >= 11 is 4.73. The predicted molar refractivity (Wildman–Crippen MR) is 81.3 cm³/mol. The minimum Gasteiger partial charge on any atom is -0.476 e. The zero-order chi connectivity index (χ0) is 14.7. The number of rotatable bonds is 4. The molecule has 1 aromatic carbocycles. The van der Waals surface area contributed by atoms with E-state index in [9.17, 15) is 9.90 Å². The van der Waals surface area contributed by atoms with Crippen LogP contribution in [0.1, 0.15) is 36.1 Å². The minimum absolute atomic E-state index is 0.0497. The fourth-order valence-electron chi connectivity index (χ4n) is 1.55. The molecule has 4 nitrogen and oxygen atoms in total. The lowest BCUT2D eigenvalue weighted by atomic mass is 10.2. The molecule has 1 aromatic heterocycles. The summed E-state index contributed by atoms with van der Waals surface area (Å²) in [5.74, 6) is -0.397. The number of halogens is 1. The number of benzene rings is 1. The van der Waals surface area contributed by atoms with E-state index in [1.165, 1.54) is 11.8 Å². The average Bonchev–Trinajstić information content (AvgIpc) is 2.38. The maximum Gasteiger partial charge on any atom is 0.355 e. The molecule has 2 aromatic rings. The maximum absolute atomic E-state index is 11.3. The zero-order valence-corrected chi connectivity index (χ0v) is 13.4. The molecule has 1 heterocycles. The molecule has 20 heavy (non-hydrogen) atoms. The molecule has 0 spiro atoms. The monoisotopic (exact) mass is 352 g/mol. The van der Waals surface area contributed by atoms with E-state index in [4.69, 9.17) is 0 Å². The van der Waals surface area contributed by atoms with E-state index >= 15 is 0 Å². The van der Waals surface area contributed by atoms with Gasteiger partial charge in [0.1, 0.15) is 5.82 Å². The van der Waals surface area contributed by atoms with E-state index in [1.807, 2.05) is 38.1 Å². The summed E-state index contributed by atoms with van der Waals surface area (Å²) in [5.41, 5.74) is 0.0497. The Morgan fingerprint density at radius 1 is 1.40 bits per heavy atom. The number of aromatic carboxylic acids is 1. The summed E-state index contributed by atoms with van der Waals surface area (Å²) in [5, 5.41) is 9.29. The van der Waals surface area contributed by atoms with Crippen LogP contribution >= 0.6 is 27.7 Å². The molecule has 0 atom stereocenters. The molecular weight excluding hydrogens is 340 g/mol. The third-order valence-corrected chi connectivity index (χ3v) is 4.02. The smallest absolute Gasteiger partial charge is 0.355 e. The van der Waals surface area contributed by atoms with Gasteiger partial charge in [-0.05, 0) is 18.2 Å². The Bertz CT molecular complexity index is 647. The van der Waals surface area contributed by atoms with Crippen molar-refractivity contribution in [2.75, 3.05) is 0 Å². The molecule has 0 radical (unpaired) electrons. The van der Waals surface area contributed by atoms with Crippen LogP contribution in [0, 0.1) is 0 Å². The van der Waals surface area contributed by atoms with Crippen molar-refractivity contribution in [2.24, 2.45) is 0 Å². The summed E-state index contributed by atoms with van der Waals surface area (Å²) in [7, 11) is 0. The van der Waals surface area contributed by atoms with Crippen LogP contribution in [0.15, 0.2) is 44.7 Å². The zero-order valence-electron chi connectivity index (χ0n) is 11.0. The van der Waals surface area contributed by atoms with E-state index in [0.29, 0.717) is 10.7 Å². The van der Waals surface area contributed by atoms with E-state index < -0.39 is 5.97 Å². The van der Waals surface area contributed by atoms with Crippen molar-refractivity contribution in [1.29, 1.82) is 0 Å². The molecule has 2 rings (SSSR count). The van der Waals surface area contributed by atoms with E-state index in [0.717, 1.165) is 9.37 Å². The molecule has 104 valence electrons. The van der Waals surface area contributed by atoms with Crippen LogP contribution in [0.4, 0.5) is 0 Å². The number of nitrogens with zero attached hydrogens (tertiary/aromatic N) is 2. The Kier molecular flexibility index (Phi) is 4.77. The van der Waals surface area contributed by atoms with Crippen molar-refractivity contribution in [3.63, 3.8) is 0 Å². The summed E-state index contributed by atoms with van der Waals surface area (Å²) in [4.78, 5) is 21.2. The fourth-order valence-corrected chi connectivity index (χ4v) is 3.02. The topological polar surface area (TPSA) is 63.1 Å². The molecule has 0 amide bonds. The van der Waals surface area contributed by atoms with Gasteiger partial charge in [0.2, 0.25) is 0 Å². The Morgan fingerprint density at radius 3 is 2.75 bits per heavy atom. The number of aromatic nitrogens is 2. The van der Waals surface area contributed by atoms with Crippen molar-refractivity contribution in [1.82, 2.24) is 9.97 Å². The number of hydrogen-bond acceptors (Lipinski definition) is 4. The van der Waals surface area contributed by atoms with Gasteiger partial charge in [0.15, 0.2) is 5.69 Å². The van der Waals surface area contributed by atoms with E-state index in [-0.39, 0.29) is 11.6 Å². The molecular formula is C14H13BrN2O2S. The van der Waals surface area contributed by atoms with Crippen molar-refractivity contribution in [2.45, 2.75) is 29.6 Å². The molecule has 0 saturated carbocycles. The summed E-state index contributed by atoms with van der Waals surface area (Å²) in [6.07, 6.45) is 1.58. The van der Waals surface area contributed by atoms with Gasteiger partial charge in [0.25, 0.3) is 0 Å². The van der Waals surface area contributed by atoms with Gasteiger partial charge >= 0.3 is 5.97 Å². The van der Waals surface area contributed by atoms with Gasteiger partial charge < -0.3 is 5.11 Å². The van der Waals surface area contributed by atoms with Crippen molar-refractivity contribution in [3.05, 3.63) is 46.5 Å². The van der Waals surface area contributed by atoms with E-state index in [1.54, 1.807) is 6.20 Å². The molecule has 0 saturated heterocycles. The van der Waals surface area contributed by atoms with Gasteiger partial charge in [-0.3, -0.25) is 0 Å². The third-order valence-electron chi connectivity index (χ3n) is 2.52. The second kappa shape index (κ2) is 6.37. The highest BCUT2D eigenvalue weighted by molar-refractivity contribution is 9.10. The molecule has 0 fully saturated rings. The van der Waals surface area contributed by atoms with Crippen LogP contribution in [0.5, 0.6) is 0 Å². The lowest BCUT2D eigenvalue weighted by Crippen LogP contribution is -2.08. The average molecular weight is 353 g/mol. The summed E-state index contributed by atoms with van der Waals surface area (Å²) in [6, 6.07) is 7.65. The Hall–Kier alpha value is -1.40. The van der Waals surface area contributed by atoms with Crippen molar-refractivity contribution >= 4 is 33.7 Å². The lowest BCUT2D eigenvalue weighted by molar-refractivity contribution is 0.0685. The number of carboxylic acid groups (broad SMARTS) is 1. The quantitative estimate of drug-likeness (QED) is 0.892. The number of carboxylic acids is 1. The molecule has 0 bridgehead atoms. The molecule has 6 heteroatoms. The van der Waals surface area contributed by atoms with Gasteiger partial charge in [0.05, 0.1) is 4.90 Å². The van der Waals surface area contributed by atoms with Gasteiger partial charge in [-0.25, -0.2) is 14.8 Å². The van der Waals surface area contributed by atoms with Crippen LogP contribution in [0.25, 0.3) is 0 Å². The lowest BCUT2D eigenvalue weighted by Gasteiger charge is -2.09. The summed E-state index contributed by atoms with van der Waals surface area (Å²) in [6.45, 7) is 3.87. The molecule has 0 aliphatic carbocycles. The van der Waals surface area contributed by atoms with Crippen LogP contribution < -0.4 is 0 Å². The first-order valence-electron chi connectivity index (χ1n) is 6.01. The third kappa shape index (κ3) is 3.58. The first kappa shape index (κ1) is 15.0. The first-order valence-corrected chi connectivity index (χ1v) is 7.62. The minimum atomic E-state index is -1.04.